The molecule has 0 heterocycles. The number of alkyl halides is 1. The summed E-state index contributed by atoms with van der Waals surface area (Å²) >= 11 is 12.3. The lowest BCUT2D eigenvalue weighted by Crippen LogP contribution is -2.10. The van der Waals surface area contributed by atoms with E-state index in [1.54, 1.807) is 0 Å². The molecule has 1 aliphatic carbocycles. The molecular formula is C13H16Cl2. The summed E-state index contributed by atoms with van der Waals surface area (Å²) in [6, 6.07) is 6.30. The zero-order valence-corrected chi connectivity index (χ0v) is 10.5. The van der Waals surface area contributed by atoms with Crippen molar-refractivity contribution in [3.8, 4) is 0 Å². The Labute approximate surface area is 102 Å². The van der Waals surface area contributed by atoms with E-state index in [0.29, 0.717) is 11.3 Å². The molecule has 0 aromatic heterocycles. The van der Waals surface area contributed by atoms with E-state index in [1.165, 1.54) is 30.4 Å². The van der Waals surface area contributed by atoms with Gasteiger partial charge in [-0.1, -0.05) is 30.2 Å². The molecule has 0 aliphatic heterocycles. The molecular weight excluding hydrogens is 227 g/mol. The Morgan fingerprint density at radius 3 is 2.73 bits per heavy atom. The minimum absolute atomic E-state index is 0.376. The molecule has 82 valence electrons. The molecule has 15 heavy (non-hydrogen) atoms. The zero-order valence-electron chi connectivity index (χ0n) is 8.97. The van der Waals surface area contributed by atoms with Crippen molar-refractivity contribution in [1.82, 2.24) is 0 Å². The van der Waals surface area contributed by atoms with E-state index >= 15 is 0 Å². The number of rotatable bonds is 2. The Bertz CT molecular complexity index is 346. The molecule has 1 aliphatic rings. The average molecular weight is 243 g/mol. The number of hydrogen-bond acceptors (Lipinski definition) is 0. The summed E-state index contributed by atoms with van der Waals surface area (Å²) in [5.74, 6) is 0.659. The van der Waals surface area contributed by atoms with E-state index in [9.17, 15) is 0 Å². The lowest BCUT2D eigenvalue weighted by molar-refractivity contribution is 0.552. The Balaban J connectivity index is 2.07. The first-order chi connectivity index (χ1) is 7.16. The van der Waals surface area contributed by atoms with Gasteiger partial charge in [0.05, 0.1) is 0 Å². The number of benzene rings is 1. The van der Waals surface area contributed by atoms with Crippen molar-refractivity contribution in [1.29, 1.82) is 0 Å². The molecule has 0 radical (unpaired) electrons. The Hall–Kier alpha value is -0.200. The van der Waals surface area contributed by atoms with Crippen molar-refractivity contribution < 1.29 is 0 Å². The predicted octanol–water partition coefficient (Wildman–Crippen LogP) is 4.60. The minimum Gasteiger partial charge on any atom is -0.123 e. The van der Waals surface area contributed by atoms with Crippen LogP contribution in [-0.2, 0) is 6.42 Å². The van der Waals surface area contributed by atoms with Crippen LogP contribution in [0.5, 0.6) is 0 Å². The molecule has 1 aromatic rings. The molecule has 2 heteroatoms. The zero-order chi connectivity index (χ0) is 10.8. The fraction of sp³-hybridized carbons (Fsp3) is 0.538. The van der Waals surface area contributed by atoms with E-state index in [4.69, 9.17) is 23.2 Å². The van der Waals surface area contributed by atoms with Gasteiger partial charge in [-0.3, -0.25) is 0 Å². The van der Waals surface area contributed by atoms with Gasteiger partial charge in [0, 0.05) is 10.4 Å². The molecule has 2 unspecified atom stereocenters. The summed E-state index contributed by atoms with van der Waals surface area (Å²) in [7, 11) is 0. The van der Waals surface area contributed by atoms with Gasteiger partial charge in [-0.2, -0.15) is 0 Å². The Morgan fingerprint density at radius 2 is 2.13 bits per heavy atom. The predicted molar refractivity (Wildman–Crippen MR) is 66.9 cm³/mol. The molecule has 0 bridgehead atoms. The summed E-state index contributed by atoms with van der Waals surface area (Å²) in [6.07, 6.45) is 4.84. The highest BCUT2D eigenvalue weighted by atomic mass is 35.5. The molecule has 2 rings (SSSR count). The maximum Gasteiger partial charge on any atom is 0.0435 e. The van der Waals surface area contributed by atoms with Gasteiger partial charge in [0.1, 0.15) is 0 Å². The van der Waals surface area contributed by atoms with Gasteiger partial charge in [0.2, 0.25) is 0 Å². The van der Waals surface area contributed by atoms with Crippen LogP contribution < -0.4 is 0 Å². The quantitative estimate of drug-likeness (QED) is 0.666. The van der Waals surface area contributed by atoms with Crippen molar-refractivity contribution >= 4 is 23.2 Å². The lowest BCUT2D eigenvalue weighted by Gasteiger charge is -2.14. The van der Waals surface area contributed by atoms with Crippen LogP contribution in [-0.4, -0.2) is 5.38 Å². The second-order valence-corrected chi connectivity index (χ2v) is 5.46. The van der Waals surface area contributed by atoms with Crippen LogP contribution >= 0.6 is 23.2 Å². The van der Waals surface area contributed by atoms with Crippen molar-refractivity contribution in [2.45, 2.75) is 38.0 Å². The largest absolute Gasteiger partial charge is 0.123 e. The third-order valence-electron chi connectivity index (χ3n) is 3.29. The van der Waals surface area contributed by atoms with Gasteiger partial charge >= 0.3 is 0 Å². The molecule has 0 nitrogen and oxygen atoms in total. The number of hydrogen-bond donors (Lipinski definition) is 0. The summed E-state index contributed by atoms with van der Waals surface area (Å²) < 4.78 is 0. The summed E-state index contributed by atoms with van der Waals surface area (Å²) in [5, 5.41) is 1.23. The fourth-order valence-corrected chi connectivity index (χ4v) is 2.84. The topological polar surface area (TPSA) is 0 Å². The van der Waals surface area contributed by atoms with E-state index in [0.717, 1.165) is 11.4 Å². The first-order valence-electron chi connectivity index (χ1n) is 5.56. The minimum atomic E-state index is 0.376. The highest BCUT2D eigenvalue weighted by Gasteiger charge is 2.25. The summed E-state index contributed by atoms with van der Waals surface area (Å²) in [6.45, 7) is 2.05. The third-order valence-corrected chi connectivity index (χ3v) is 4.29. The lowest BCUT2D eigenvalue weighted by atomic mass is 9.97. The fourth-order valence-electron chi connectivity index (χ4n) is 2.36. The molecule has 0 spiro atoms. The van der Waals surface area contributed by atoms with Crippen LogP contribution in [0.25, 0.3) is 0 Å². The summed E-state index contributed by atoms with van der Waals surface area (Å²) in [5.41, 5.74) is 2.53. The van der Waals surface area contributed by atoms with E-state index < -0.39 is 0 Å². The van der Waals surface area contributed by atoms with Crippen LogP contribution in [0.1, 0.15) is 30.4 Å². The van der Waals surface area contributed by atoms with Gasteiger partial charge < -0.3 is 0 Å². The molecule has 0 saturated heterocycles. The SMILES string of the molecule is Cc1cc(CC2CCCC2Cl)ccc1Cl. The van der Waals surface area contributed by atoms with Crippen LogP contribution in [0.3, 0.4) is 0 Å². The first-order valence-corrected chi connectivity index (χ1v) is 6.37. The van der Waals surface area contributed by atoms with Crippen LogP contribution in [0.4, 0.5) is 0 Å². The van der Waals surface area contributed by atoms with Gasteiger partial charge in [-0.25, -0.2) is 0 Å². The van der Waals surface area contributed by atoms with Gasteiger partial charge in [-0.05, 0) is 49.3 Å². The first kappa shape index (κ1) is 11.3. The van der Waals surface area contributed by atoms with Crippen molar-refractivity contribution in [2.75, 3.05) is 0 Å². The average Bonchev–Trinajstić information content (AvgIpc) is 2.59. The van der Waals surface area contributed by atoms with Crippen molar-refractivity contribution in [3.05, 3.63) is 34.3 Å². The van der Waals surface area contributed by atoms with Crippen LogP contribution in [0, 0.1) is 12.8 Å². The molecule has 1 fully saturated rings. The van der Waals surface area contributed by atoms with Gasteiger partial charge in [0.15, 0.2) is 0 Å². The Kier molecular flexibility index (Phi) is 3.58. The highest BCUT2D eigenvalue weighted by molar-refractivity contribution is 6.31. The standard InChI is InChI=1S/C13H16Cl2/c1-9-7-10(5-6-12(9)14)8-11-3-2-4-13(11)15/h5-7,11,13H,2-4,8H2,1H3. The van der Waals surface area contributed by atoms with Gasteiger partial charge in [0.25, 0.3) is 0 Å². The van der Waals surface area contributed by atoms with Crippen LogP contribution in [0.15, 0.2) is 18.2 Å². The van der Waals surface area contributed by atoms with Crippen molar-refractivity contribution in [3.63, 3.8) is 0 Å². The molecule has 0 amide bonds. The molecule has 1 aromatic carbocycles. The highest BCUT2D eigenvalue weighted by Crippen LogP contribution is 2.33. The molecule has 2 atom stereocenters. The monoisotopic (exact) mass is 242 g/mol. The second kappa shape index (κ2) is 4.76. The van der Waals surface area contributed by atoms with E-state index in [-0.39, 0.29) is 0 Å². The third kappa shape index (κ3) is 2.68. The second-order valence-electron chi connectivity index (χ2n) is 4.49. The summed E-state index contributed by atoms with van der Waals surface area (Å²) in [4.78, 5) is 0. The van der Waals surface area contributed by atoms with Gasteiger partial charge in [-0.15, -0.1) is 11.6 Å². The molecule has 1 saturated carbocycles. The maximum absolute atomic E-state index is 6.27. The maximum atomic E-state index is 6.27. The van der Waals surface area contributed by atoms with Crippen molar-refractivity contribution in [2.24, 2.45) is 5.92 Å². The number of aryl methyl sites for hydroxylation is 1. The van der Waals surface area contributed by atoms with E-state index in [1.807, 2.05) is 6.07 Å². The Morgan fingerprint density at radius 1 is 1.33 bits per heavy atom. The van der Waals surface area contributed by atoms with E-state index in [2.05, 4.69) is 19.1 Å². The smallest absolute Gasteiger partial charge is 0.0435 e. The normalized spacial score (nSPS) is 25.8. The van der Waals surface area contributed by atoms with Crippen LogP contribution in [0.2, 0.25) is 5.02 Å². The molecule has 0 N–H and O–H groups in total. The number of halogens is 2.